The average molecular weight is 281 g/mol. The van der Waals surface area contributed by atoms with Crippen molar-refractivity contribution in [3.05, 3.63) is 0 Å². The maximum atomic E-state index is 12.5. The van der Waals surface area contributed by atoms with Crippen LogP contribution in [0.15, 0.2) is 0 Å². The predicted octanol–water partition coefficient (Wildman–Crippen LogP) is 1.88. The number of imide groups is 1. The zero-order valence-electron chi connectivity index (χ0n) is 12.9. The Labute approximate surface area is 121 Å². The van der Waals surface area contributed by atoms with E-state index in [-0.39, 0.29) is 11.9 Å². The maximum absolute atomic E-state index is 12.5. The summed E-state index contributed by atoms with van der Waals surface area (Å²) in [6.07, 6.45) is 4.44. The highest BCUT2D eigenvalue weighted by atomic mass is 16.2. The Morgan fingerprint density at radius 1 is 1.35 bits per heavy atom. The lowest BCUT2D eigenvalue weighted by atomic mass is 9.77. The molecule has 5 nitrogen and oxygen atoms in total. The van der Waals surface area contributed by atoms with E-state index >= 15 is 0 Å². The smallest absolute Gasteiger partial charge is 0.323 e. The number of hydrogen-bond donors (Lipinski definition) is 2. The summed E-state index contributed by atoms with van der Waals surface area (Å²) < 4.78 is 0. The number of hydrogen-bond acceptors (Lipinski definition) is 3. The van der Waals surface area contributed by atoms with E-state index in [0.29, 0.717) is 18.5 Å². The highest BCUT2D eigenvalue weighted by Gasteiger charge is 2.51. The standard InChI is InChI=1S/C15H27N3O2/c1-11(2)16-9-4-10-18-13(19)15(17-14(18)20)7-5-12(3)6-8-15/h11-12,16H,4-10H2,1-3H3,(H,17,20). The maximum Gasteiger partial charge on any atom is 0.325 e. The summed E-state index contributed by atoms with van der Waals surface area (Å²) >= 11 is 0. The predicted molar refractivity (Wildman–Crippen MR) is 78.4 cm³/mol. The first-order valence-electron chi connectivity index (χ1n) is 7.82. The number of nitrogens with one attached hydrogen (secondary N) is 2. The molecule has 5 heteroatoms. The van der Waals surface area contributed by atoms with E-state index in [1.807, 2.05) is 0 Å². The van der Waals surface area contributed by atoms with E-state index < -0.39 is 5.54 Å². The Morgan fingerprint density at radius 2 is 2.00 bits per heavy atom. The van der Waals surface area contributed by atoms with Gasteiger partial charge in [0.1, 0.15) is 5.54 Å². The van der Waals surface area contributed by atoms with Gasteiger partial charge in [0.25, 0.3) is 5.91 Å². The Kier molecular flexibility index (Phi) is 4.68. The van der Waals surface area contributed by atoms with Crippen molar-refractivity contribution in [2.75, 3.05) is 13.1 Å². The topological polar surface area (TPSA) is 61.4 Å². The monoisotopic (exact) mass is 281 g/mol. The molecule has 114 valence electrons. The van der Waals surface area contributed by atoms with Crippen molar-refractivity contribution in [1.29, 1.82) is 0 Å². The first-order chi connectivity index (χ1) is 9.44. The minimum absolute atomic E-state index is 0.000975. The molecular formula is C15H27N3O2. The Balaban J connectivity index is 1.88. The van der Waals surface area contributed by atoms with Crippen molar-refractivity contribution in [2.24, 2.45) is 5.92 Å². The van der Waals surface area contributed by atoms with Gasteiger partial charge in [-0.05, 0) is 44.6 Å². The Hall–Kier alpha value is -1.10. The number of urea groups is 1. The number of carbonyl (C=O) groups excluding carboxylic acids is 2. The molecule has 0 aromatic heterocycles. The number of amides is 3. The van der Waals surface area contributed by atoms with Gasteiger partial charge < -0.3 is 10.6 Å². The Morgan fingerprint density at radius 3 is 2.60 bits per heavy atom. The van der Waals surface area contributed by atoms with Gasteiger partial charge in [-0.2, -0.15) is 0 Å². The molecule has 0 bridgehead atoms. The van der Waals surface area contributed by atoms with Gasteiger partial charge in [-0.3, -0.25) is 9.69 Å². The molecule has 0 radical (unpaired) electrons. The van der Waals surface area contributed by atoms with Crippen LogP contribution >= 0.6 is 0 Å². The average Bonchev–Trinajstić information content (AvgIpc) is 2.62. The molecule has 0 aromatic rings. The van der Waals surface area contributed by atoms with Crippen LogP contribution in [0.4, 0.5) is 4.79 Å². The van der Waals surface area contributed by atoms with E-state index in [0.717, 1.165) is 38.6 Å². The quantitative estimate of drug-likeness (QED) is 0.597. The van der Waals surface area contributed by atoms with Crippen LogP contribution in [-0.2, 0) is 4.79 Å². The third kappa shape index (κ3) is 3.14. The second kappa shape index (κ2) is 6.12. The fourth-order valence-corrected chi connectivity index (χ4v) is 3.10. The summed E-state index contributed by atoms with van der Waals surface area (Å²) in [5, 5.41) is 6.26. The lowest BCUT2D eigenvalue weighted by molar-refractivity contribution is -0.132. The van der Waals surface area contributed by atoms with Crippen molar-refractivity contribution in [2.45, 2.75) is 64.5 Å². The van der Waals surface area contributed by atoms with Crippen molar-refractivity contribution in [3.63, 3.8) is 0 Å². The second-order valence-electron chi connectivity index (χ2n) is 6.61. The fourth-order valence-electron chi connectivity index (χ4n) is 3.10. The van der Waals surface area contributed by atoms with E-state index in [1.54, 1.807) is 0 Å². The van der Waals surface area contributed by atoms with Gasteiger partial charge in [0.05, 0.1) is 0 Å². The van der Waals surface area contributed by atoms with Crippen molar-refractivity contribution in [3.8, 4) is 0 Å². The fraction of sp³-hybridized carbons (Fsp3) is 0.867. The molecule has 1 heterocycles. The third-order valence-electron chi connectivity index (χ3n) is 4.48. The van der Waals surface area contributed by atoms with Crippen LogP contribution in [0.2, 0.25) is 0 Å². The van der Waals surface area contributed by atoms with Crippen LogP contribution in [0, 0.1) is 5.92 Å². The molecule has 1 saturated carbocycles. The van der Waals surface area contributed by atoms with Gasteiger partial charge in [0.15, 0.2) is 0 Å². The van der Waals surface area contributed by atoms with Gasteiger partial charge in [0, 0.05) is 12.6 Å². The van der Waals surface area contributed by atoms with E-state index in [4.69, 9.17) is 0 Å². The lowest BCUT2D eigenvalue weighted by Crippen LogP contribution is -2.49. The highest BCUT2D eigenvalue weighted by Crippen LogP contribution is 2.36. The van der Waals surface area contributed by atoms with Gasteiger partial charge >= 0.3 is 6.03 Å². The van der Waals surface area contributed by atoms with Crippen LogP contribution in [-0.4, -0.2) is 41.5 Å². The molecule has 1 saturated heterocycles. The second-order valence-corrected chi connectivity index (χ2v) is 6.61. The van der Waals surface area contributed by atoms with E-state index in [2.05, 4.69) is 31.4 Å². The molecule has 20 heavy (non-hydrogen) atoms. The Bertz CT molecular complexity index is 373. The molecule has 1 spiro atoms. The third-order valence-corrected chi connectivity index (χ3v) is 4.48. The molecule has 2 fully saturated rings. The summed E-state index contributed by atoms with van der Waals surface area (Å²) in [7, 11) is 0. The molecule has 0 aromatic carbocycles. The van der Waals surface area contributed by atoms with Crippen molar-refractivity contribution >= 4 is 11.9 Å². The van der Waals surface area contributed by atoms with Crippen LogP contribution in [0.25, 0.3) is 0 Å². The van der Waals surface area contributed by atoms with Gasteiger partial charge in [-0.15, -0.1) is 0 Å². The minimum atomic E-state index is -0.588. The summed E-state index contributed by atoms with van der Waals surface area (Å²) in [6.45, 7) is 7.74. The summed E-state index contributed by atoms with van der Waals surface area (Å²) in [6, 6.07) is 0.235. The molecule has 1 aliphatic carbocycles. The summed E-state index contributed by atoms with van der Waals surface area (Å²) in [5.74, 6) is 0.661. The van der Waals surface area contributed by atoms with Crippen molar-refractivity contribution in [1.82, 2.24) is 15.5 Å². The molecule has 2 rings (SSSR count). The van der Waals surface area contributed by atoms with Crippen molar-refractivity contribution < 1.29 is 9.59 Å². The zero-order chi connectivity index (χ0) is 14.8. The molecule has 0 atom stereocenters. The van der Waals surface area contributed by atoms with Gasteiger partial charge in [-0.25, -0.2) is 4.79 Å². The summed E-state index contributed by atoms with van der Waals surface area (Å²) in [5.41, 5.74) is -0.588. The number of rotatable bonds is 5. The number of nitrogens with zero attached hydrogens (tertiary/aromatic N) is 1. The van der Waals surface area contributed by atoms with Crippen LogP contribution in [0.1, 0.15) is 52.9 Å². The SMILES string of the molecule is CC1CCC2(CC1)NC(=O)N(CCCNC(C)C)C2=O. The van der Waals surface area contributed by atoms with Gasteiger partial charge in [-0.1, -0.05) is 20.8 Å². The van der Waals surface area contributed by atoms with E-state index in [9.17, 15) is 9.59 Å². The first kappa shape index (κ1) is 15.3. The molecule has 0 unspecified atom stereocenters. The van der Waals surface area contributed by atoms with E-state index in [1.165, 1.54) is 4.90 Å². The van der Waals surface area contributed by atoms with Gasteiger partial charge in [0.2, 0.25) is 0 Å². The van der Waals surface area contributed by atoms with Crippen LogP contribution in [0.5, 0.6) is 0 Å². The summed E-state index contributed by atoms with van der Waals surface area (Å²) in [4.78, 5) is 26.0. The molecule has 2 aliphatic rings. The molecule has 2 N–H and O–H groups in total. The largest absolute Gasteiger partial charge is 0.325 e. The molecule has 3 amide bonds. The van der Waals surface area contributed by atoms with Crippen LogP contribution < -0.4 is 10.6 Å². The minimum Gasteiger partial charge on any atom is -0.323 e. The lowest BCUT2D eigenvalue weighted by Gasteiger charge is -2.33. The normalized spacial score (nSPS) is 30.4. The zero-order valence-corrected chi connectivity index (χ0v) is 12.9. The highest BCUT2D eigenvalue weighted by molar-refractivity contribution is 6.07. The molecule has 1 aliphatic heterocycles. The number of carbonyl (C=O) groups is 2. The molecular weight excluding hydrogens is 254 g/mol. The van der Waals surface area contributed by atoms with Crippen LogP contribution in [0.3, 0.4) is 0 Å². The first-order valence-corrected chi connectivity index (χ1v) is 7.82.